The molecular weight excluding hydrogens is 837 g/mol. The Morgan fingerprint density at radius 2 is 1.05 bits per heavy atom. The number of rotatable bonds is 34. The number of likely N-dealkylation sites (N-methyl/N-ethyl adjacent to an activating group) is 1. The van der Waals surface area contributed by atoms with Gasteiger partial charge < -0.3 is 23.8 Å². The Hall–Kier alpha value is -5.40. The Kier molecular flexibility index (Phi) is 25.0. The zero-order valence-electron chi connectivity index (χ0n) is 41.3. The maximum atomic E-state index is 13.5. The van der Waals surface area contributed by atoms with Crippen LogP contribution in [0.15, 0.2) is 81.1 Å². The summed E-state index contributed by atoms with van der Waals surface area (Å²) in [6.07, 6.45) is 21.6. The third-order valence-corrected chi connectivity index (χ3v) is 12.2. The van der Waals surface area contributed by atoms with Crippen LogP contribution in [0.5, 0.6) is 11.5 Å². The van der Waals surface area contributed by atoms with Crippen LogP contribution in [0.1, 0.15) is 157 Å². The number of nitro benzene ring substituents is 1. The van der Waals surface area contributed by atoms with Gasteiger partial charge in [0.05, 0.1) is 54.5 Å². The zero-order valence-corrected chi connectivity index (χ0v) is 41.3. The number of hydrogen-bond donors (Lipinski definition) is 0. The Labute approximate surface area is 394 Å². The van der Waals surface area contributed by atoms with Gasteiger partial charge in [-0.05, 0) is 83.4 Å². The number of carbonyl (C=O) groups is 2. The van der Waals surface area contributed by atoms with Gasteiger partial charge in [-0.15, -0.1) is 10.2 Å². The van der Waals surface area contributed by atoms with E-state index in [4.69, 9.17) is 18.9 Å². The van der Waals surface area contributed by atoms with Gasteiger partial charge in [0.2, 0.25) is 0 Å². The average Bonchev–Trinajstić information content (AvgIpc) is 3.32. The van der Waals surface area contributed by atoms with E-state index in [1.54, 1.807) is 12.1 Å². The van der Waals surface area contributed by atoms with E-state index in [2.05, 4.69) is 32.3 Å². The molecule has 0 amide bonds. The highest BCUT2D eigenvalue weighted by Gasteiger charge is 2.43. The zero-order chi connectivity index (χ0) is 48.2. The first-order valence-corrected chi connectivity index (χ1v) is 24.3. The van der Waals surface area contributed by atoms with Crippen molar-refractivity contribution < 1.29 is 33.5 Å². The molecule has 0 aliphatic carbocycles. The maximum Gasteiger partial charge on any atom is 0.311 e. The smallest absolute Gasteiger partial charge is 0.311 e. The molecule has 0 saturated carbocycles. The summed E-state index contributed by atoms with van der Waals surface area (Å²) in [4.78, 5) is 39.3. The summed E-state index contributed by atoms with van der Waals surface area (Å²) >= 11 is 0. The minimum atomic E-state index is -0.840. The highest BCUT2D eigenvalue weighted by molar-refractivity contribution is 5.80. The fraction of sp³-hybridized carbons (Fsp3) is 0.615. The lowest BCUT2D eigenvalue weighted by Gasteiger charge is -2.34. The van der Waals surface area contributed by atoms with Crippen LogP contribution in [-0.2, 0) is 19.1 Å². The van der Waals surface area contributed by atoms with Crippen LogP contribution in [0, 0.1) is 20.9 Å². The predicted molar refractivity (Wildman–Crippen MR) is 264 cm³/mol. The maximum absolute atomic E-state index is 13.5. The SMILES string of the molecule is CCCCCCCCCCCCCCCCCCOC(=O)C(C)(C)CC(C)(CC)C(=O)OCCN(CC)c1ccc(N=Nc2cc(OC)c(N=Nc3ccc([N+](=O)[O-])cc3)cc2OC)cc1. The number of ether oxygens (including phenoxy) is 4. The highest BCUT2D eigenvalue weighted by Crippen LogP contribution is 2.42. The van der Waals surface area contributed by atoms with Crippen molar-refractivity contribution in [3.8, 4) is 11.5 Å². The lowest BCUT2D eigenvalue weighted by Crippen LogP contribution is -2.39. The van der Waals surface area contributed by atoms with Crippen molar-refractivity contribution in [2.75, 3.05) is 45.4 Å². The van der Waals surface area contributed by atoms with E-state index in [1.807, 2.05) is 58.9 Å². The molecule has 0 saturated heterocycles. The molecule has 14 nitrogen and oxygen atoms in total. The van der Waals surface area contributed by atoms with Crippen LogP contribution < -0.4 is 14.4 Å². The van der Waals surface area contributed by atoms with E-state index < -0.39 is 15.8 Å². The number of anilines is 1. The summed E-state index contributed by atoms with van der Waals surface area (Å²) in [6, 6.07) is 16.5. The number of azo groups is 2. The van der Waals surface area contributed by atoms with Gasteiger partial charge in [-0.2, -0.15) is 10.2 Å². The summed E-state index contributed by atoms with van der Waals surface area (Å²) in [5.41, 5.74) is 1.04. The molecular formula is C52H78N6O8. The number of methoxy groups -OCH3 is 2. The second-order valence-corrected chi connectivity index (χ2v) is 18.0. The molecule has 3 aromatic rings. The van der Waals surface area contributed by atoms with Gasteiger partial charge in [0.25, 0.3) is 5.69 Å². The molecule has 1 atom stereocenters. The minimum Gasteiger partial charge on any atom is -0.494 e. The first-order valence-electron chi connectivity index (χ1n) is 24.3. The van der Waals surface area contributed by atoms with E-state index in [1.165, 1.54) is 128 Å². The molecule has 0 aliphatic heterocycles. The number of unbranched alkanes of at least 4 members (excludes halogenated alkanes) is 15. The molecule has 3 rings (SSSR count). The van der Waals surface area contributed by atoms with Crippen molar-refractivity contribution in [2.45, 2.75) is 157 Å². The molecule has 0 aliphatic rings. The number of benzene rings is 3. The number of nitro groups is 1. The highest BCUT2D eigenvalue weighted by atomic mass is 16.6. The first-order chi connectivity index (χ1) is 31.8. The molecule has 66 heavy (non-hydrogen) atoms. The summed E-state index contributed by atoms with van der Waals surface area (Å²) in [5.74, 6) is 0.187. The molecule has 0 N–H and O–H groups in total. The number of hydrogen-bond acceptors (Lipinski definition) is 13. The molecule has 0 aromatic heterocycles. The van der Waals surface area contributed by atoms with Crippen LogP contribution in [0.3, 0.4) is 0 Å². The number of carbonyl (C=O) groups excluding carboxylic acids is 2. The van der Waals surface area contributed by atoms with Gasteiger partial charge in [-0.25, -0.2) is 0 Å². The summed E-state index contributed by atoms with van der Waals surface area (Å²) < 4.78 is 22.7. The van der Waals surface area contributed by atoms with Crippen LogP contribution in [0.4, 0.5) is 34.1 Å². The second kappa shape index (κ2) is 30.0. The van der Waals surface area contributed by atoms with Gasteiger partial charge in [-0.1, -0.05) is 110 Å². The van der Waals surface area contributed by atoms with Crippen LogP contribution >= 0.6 is 0 Å². The van der Waals surface area contributed by atoms with E-state index >= 15 is 0 Å². The van der Waals surface area contributed by atoms with E-state index in [0.717, 1.165) is 18.5 Å². The quantitative estimate of drug-likeness (QED) is 0.0186. The molecule has 0 radical (unpaired) electrons. The van der Waals surface area contributed by atoms with Crippen molar-refractivity contribution in [1.29, 1.82) is 0 Å². The van der Waals surface area contributed by atoms with Gasteiger partial charge in [0.15, 0.2) is 0 Å². The molecule has 0 fully saturated rings. The van der Waals surface area contributed by atoms with Gasteiger partial charge in [0, 0.05) is 36.5 Å². The van der Waals surface area contributed by atoms with Crippen molar-refractivity contribution in [3.63, 3.8) is 0 Å². The Morgan fingerprint density at radius 1 is 0.606 bits per heavy atom. The molecule has 1 unspecified atom stereocenters. The average molecular weight is 915 g/mol. The van der Waals surface area contributed by atoms with Crippen molar-refractivity contribution in [3.05, 3.63) is 70.8 Å². The van der Waals surface area contributed by atoms with Crippen LogP contribution in [0.25, 0.3) is 0 Å². The lowest BCUT2D eigenvalue weighted by molar-refractivity contribution is -0.384. The number of nitrogens with zero attached hydrogens (tertiary/aromatic N) is 6. The number of non-ortho nitro benzene ring substituents is 1. The normalized spacial score (nSPS) is 12.6. The second-order valence-electron chi connectivity index (χ2n) is 18.0. The molecule has 0 heterocycles. The summed E-state index contributed by atoms with van der Waals surface area (Å²) in [5, 5.41) is 28.2. The summed E-state index contributed by atoms with van der Waals surface area (Å²) in [7, 11) is 3.00. The van der Waals surface area contributed by atoms with Crippen molar-refractivity contribution in [2.24, 2.45) is 31.3 Å². The van der Waals surface area contributed by atoms with E-state index in [0.29, 0.717) is 66.8 Å². The predicted octanol–water partition coefficient (Wildman–Crippen LogP) is 15.4. The van der Waals surface area contributed by atoms with Crippen LogP contribution in [0.2, 0.25) is 0 Å². The summed E-state index contributed by atoms with van der Waals surface area (Å²) in [6.45, 7) is 13.6. The Morgan fingerprint density at radius 3 is 1.47 bits per heavy atom. The Bertz CT molecular complexity index is 1950. The van der Waals surface area contributed by atoms with Crippen molar-refractivity contribution in [1.82, 2.24) is 0 Å². The largest absolute Gasteiger partial charge is 0.494 e. The third-order valence-electron chi connectivity index (χ3n) is 12.2. The fourth-order valence-corrected chi connectivity index (χ4v) is 7.91. The van der Waals surface area contributed by atoms with Gasteiger partial charge in [-0.3, -0.25) is 19.7 Å². The minimum absolute atomic E-state index is 0.0406. The number of esters is 2. The van der Waals surface area contributed by atoms with Crippen molar-refractivity contribution >= 4 is 46.1 Å². The van der Waals surface area contributed by atoms with Gasteiger partial charge in [0.1, 0.15) is 29.5 Å². The Balaban J connectivity index is 1.41. The molecule has 3 aromatic carbocycles. The lowest BCUT2D eigenvalue weighted by atomic mass is 9.72. The van der Waals surface area contributed by atoms with Crippen LogP contribution in [-0.4, -0.2) is 57.4 Å². The monoisotopic (exact) mass is 915 g/mol. The van der Waals surface area contributed by atoms with E-state index in [-0.39, 0.29) is 24.2 Å². The van der Waals surface area contributed by atoms with E-state index in [9.17, 15) is 19.7 Å². The third kappa shape index (κ3) is 19.2. The molecule has 364 valence electrons. The fourth-order valence-electron chi connectivity index (χ4n) is 7.91. The molecule has 0 spiro atoms. The molecule has 14 heteroatoms. The molecule has 0 bridgehead atoms. The van der Waals surface area contributed by atoms with Gasteiger partial charge >= 0.3 is 11.9 Å². The standard InChI is InChI=1S/C52H78N6O8/c1-9-12-13-14-15-16-17-18-19-20-21-22-23-24-25-26-36-65-49(59)51(4,5)40-52(6,10-2)50(60)66-37-35-57(11-3)43-31-27-41(28-32-43)53-55-45-38-48(64-8)46(39-47(45)63-7)56-54-42-29-33-44(34-30-42)58(61)62/h27-34,38-39H,9-26,35-37,40H2,1-8H3. The first kappa shape index (κ1) is 54.9. The topological polar surface area (TPSA) is 167 Å².